The predicted octanol–water partition coefficient (Wildman–Crippen LogP) is 2.95. The van der Waals surface area contributed by atoms with Crippen molar-refractivity contribution in [2.45, 2.75) is 44.4 Å². The molecule has 1 fully saturated rings. The van der Waals surface area contributed by atoms with Crippen molar-refractivity contribution in [3.05, 3.63) is 35.4 Å². The molecule has 0 aromatic heterocycles. The van der Waals surface area contributed by atoms with Crippen LogP contribution >= 0.6 is 0 Å². The van der Waals surface area contributed by atoms with Crippen molar-refractivity contribution >= 4 is 11.9 Å². The molecule has 6 nitrogen and oxygen atoms in total. The third-order valence-electron chi connectivity index (χ3n) is 5.60. The fraction of sp³-hybridized carbons (Fsp3) is 0.600. The molecule has 1 aromatic carbocycles. The Morgan fingerprint density at radius 2 is 1.86 bits per heavy atom. The number of carboxylic acid groups (broad SMARTS) is 1. The Kier molecular flexibility index (Phi) is 7.65. The molecule has 3 rings (SSSR count). The van der Waals surface area contributed by atoms with Gasteiger partial charge in [-0.05, 0) is 24.5 Å². The summed E-state index contributed by atoms with van der Waals surface area (Å²) in [5, 5.41) is 10.3. The Bertz CT molecular complexity index is 726. The number of nitrogens with one attached hydrogen (secondary N) is 1. The van der Waals surface area contributed by atoms with Gasteiger partial charge < -0.3 is 15.2 Å². The Morgan fingerprint density at radius 1 is 1.28 bits per heavy atom. The van der Waals surface area contributed by atoms with Gasteiger partial charge in [-0.3, -0.25) is 9.69 Å². The van der Waals surface area contributed by atoms with E-state index in [0.717, 1.165) is 13.1 Å². The highest BCUT2D eigenvalue weighted by Crippen LogP contribution is 2.49. The van der Waals surface area contributed by atoms with Crippen LogP contribution in [-0.2, 0) is 14.3 Å². The van der Waals surface area contributed by atoms with Gasteiger partial charge in [0.15, 0.2) is 0 Å². The van der Waals surface area contributed by atoms with Gasteiger partial charge in [0.1, 0.15) is 6.61 Å². The van der Waals surface area contributed by atoms with Crippen LogP contribution in [0, 0.1) is 5.92 Å². The van der Waals surface area contributed by atoms with Gasteiger partial charge in [-0.1, -0.05) is 31.2 Å². The molecule has 29 heavy (non-hydrogen) atoms. The monoisotopic (exact) mass is 416 g/mol. The average Bonchev–Trinajstić information content (AvgIpc) is 3.20. The van der Waals surface area contributed by atoms with Crippen LogP contribution in [0.4, 0.5) is 13.2 Å². The van der Waals surface area contributed by atoms with Gasteiger partial charge in [-0.15, -0.1) is 0 Å². The zero-order valence-electron chi connectivity index (χ0n) is 16.7. The normalized spacial score (nSPS) is 24.1. The van der Waals surface area contributed by atoms with E-state index in [9.17, 15) is 18.0 Å². The van der Waals surface area contributed by atoms with Gasteiger partial charge in [0.05, 0.1) is 6.04 Å². The number of alkyl halides is 3. The maximum Gasteiger partial charge on any atom is 0.490 e. The number of ether oxygens (including phenoxy) is 1. The minimum absolute atomic E-state index is 0.0232. The van der Waals surface area contributed by atoms with Gasteiger partial charge in [0.2, 0.25) is 5.91 Å². The number of aliphatic carboxylic acids is 1. The van der Waals surface area contributed by atoms with Crippen molar-refractivity contribution < 1.29 is 32.6 Å². The molecule has 9 heteroatoms. The first-order chi connectivity index (χ1) is 13.6. The minimum atomic E-state index is -5.08. The Labute approximate surface area is 168 Å². The fourth-order valence-electron chi connectivity index (χ4n) is 4.04. The van der Waals surface area contributed by atoms with Gasteiger partial charge in [-0.2, -0.15) is 13.2 Å². The van der Waals surface area contributed by atoms with Gasteiger partial charge in [0, 0.05) is 38.1 Å². The highest BCUT2D eigenvalue weighted by atomic mass is 19.4. The predicted molar refractivity (Wildman–Crippen MR) is 100 cm³/mol. The number of nitrogens with zero attached hydrogens (tertiary/aromatic N) is 1. The van der Waals surface area contributed by atoms with Crippen LogP contribution in [0.1, 0.15) is 43.4 Å². The summed E-state index contributed by atoms with van der Waals surface area (Å²) in [5.41, 5.74) is 2.71. The first kappa shape index (κ1) is 23.2. The molecule has 0 spiro atoms. The molecule has 1 aromatic rings. The van der Waals surface area contributed by atoms with Gasteiger partial charge in [-0.25, -0.2) is 4.79 Å². The topological polar surface area (TPSA) is 78.9 Å². The molecule has 1 saturated heterocycles. The number of carbonyl (C=O) groups is 2. The van der Waals surface area contributed by atoms with Crippen LogP contribution in [0.5, 0.6) is 0 Å². The number of rotatable bonds is 5. The standard InChI is InChI=1S/C18H26N2O2.C2HF3O2/c1-4-12(2)20-9-15-13-7-5-6-8-14(13)18(16(15)10-20)19-17(21)11-22-3;3-2(4,5)1(6)7/h5-8,12,15-16,18H,4,9-11H2,1-3H3,(H,19,21);(H,6,7)/t12?,15-,16-,18+;/m0./s1. The molecular weight excluding hydrogens is 389 g/mol. The Hall–Kier alpha value is -2.13. The van der Waals surface area contributed by atoms with Crippen molar-refractivity contribution in [2.24, 2.45) is 5.92 Å². The molecule has 0 radical (unpaired) electrons. The molecule has 1 amide bonds. The summed E-state index contributed by atoms with van der Waals surface area (Å²) in [6, 6.07) is 9.31. The number of carboxylic acids is 1. The molecule has 162 valence electrons. The maximum atomic E-state index is 12.0. The Balaban J connectivity index is 0.000000370. The summed E-state index contributed by atoms with van der Waals surface area (Å²) in [6.07, 6.45) is -3.91. The van der Waals surface area contributed by atoms with E-state index < -0.39 is 12.1 Å². The van der Waals surface area contributed by atoms with Crippen molar-refractivity contribution in [3.63, 3.8) is 0 Å². The summed E-state index contributed by atoms with van der Waals surface area (Å²) < 4.78 is 36.7. The third-order valence-corrected chi connectivity index (χ3v) is 5.60. The van der Waals surface area contributed by atoms with Crippen molar-refractivity contribution in [3.8, 4) is 0 Å². The lowest BCUT2D eigenvalue weighted by Crippen LogP contribution is -2.37. The van der Waals surface area contributed by atoms with Crippen LogP contribution in [-0.4, -0.2) is 60.9 Å². The van der Waals surface area contributed by atoms with E-state index in [1.807, 2.05) is 0 Å². The van der Waals surface area contributed by atoms with Gasteiger partial charge >= 0.3 is 12.1 Å². The molecule has 0 saturated carbocycles. The van der Waals surface area contributed by atoms with E-state index in [0.29, 0.717) is 17.9 Å². The molecule has 2 N–H and O–H groups in total. The van der Waals surface area contributed by atoms with Crippen molar-refractivity contribution in [2.75, 3.05) is 26.8 Å². The van der Waals surface area contributed by atoms with Crippen LogP contribution < -0.4 is 5.32 Å². The zero-order chi connectivity index (χ0) is 21.8. The highest BCUT2D eigenvalue weighted by molar-refractivity contribution is 5.78. The number of likely N-dealkylation sites (tertiary alicyclic amines) is 1. The molecule has 1 aliphatic carbocycles. The number of hydrogen-bond donors (Lipinski definition) is 2. The van der Waals surface area contributed by atoms with Crippen molar-refractivity contribution in [1.29, 1.82) is 0 Å². The Morgan fingerprint density at radius 3 is 2.38 bits per heavy atom. The molecule has 1 unspecified atom stereocenters. The molecule has 2 aliphatic rings. The van der Waals surface area contributed by atoms with Crippen LogP contribution in [0.25, 0.3) is 0 Å². The van der Waals surface area contributed by atoms with E-state index in [4.69, 9.17) is 14.6 Å². The summed E-state index contributed by atoms with van der Waals surface area (Å²) in [4.78, 5) is 23.5. The number of fused-ring (bicyclic) bond motifs is 3. The molecular formula is C20H27F3N2O4. The molecule has 1 heterocycles. The first-order valence-electron chi connectivity index (χ1n) is 9.51. The summed E-state index contributed by atoms with van der Waals surface area (Å²) in [7, 11) is 1.56. The second kappa shape index (κ2) is 9.58. The number of carbonyl (C=O) groups excluding carboxylic acids is 1. The number of benzene rings is 1. The number of methoxy groups -OCH3 is 1. The maximum absolute atomic E-state index is 12.0. The highest BCUT2D eigenvalue weighted by Gasteiger charge is 2.47. The second-order valence-electron chi connectivity index (χ2n) is 7.39. The van der Waals surface area contributed by atoms with E-state index in [1.54, 1.807) is 7.11 Å². The first-order valence-corrected chi connectivity index (χ1v) is 9.51. The molecule has 1 aliphatic heterocycles. The minimum Gasteiger partial charge on any atom is -0.475 e. The van der Waals surface area contributed by atoms with Crippen molar-refractivity contribution in [1.82, 2.24) is 10.2 Å². The van der Waals surface area contributed by atoms with Crippen LogP contribution in [0.2, 0.25) is 0 Å². The quantitative estimate of drug-likeness (QED) is 0.772. The van der Waals surface area contributed by atoms with Crippen LogP contribution in [0.3, 0.4) is 0 Å². The largest absolute Gasteiger partial charge is 0.490 e. The lowest BCUT2D eigenvalue weighted by molar-refractivity contribution is -0.192. The number of hydrogen-bond acceptors (Lipinski definition) is 4. The summed E-state index contributed by atoms with van der Waals surface area (Å²) in [6.45, 7) is 6.83. The molecule has 0 bridgehead atoms. The van der Waals surface area contributed by atoms with E-state index >= 15 is 0 Å². The van der Waals surface area contributed by atoms with E-state index in [-0.39, 0.29) is 18.6 Å². The second-order valence-corrected chi connectivity index (χ2v) is 7.39. The van der Waals surface area contributed by atoms with Crippen LogP contribution in [0.15, 0.2) is 24.3 Å². The fourth-order valence-corrected chi connectivity index (χ4v) is 4.04. The van der Waals surface area contributed by atoms with Gasteiger partial charge in [0.25, 0.3) is 0 Å². The zero-order valence-corrected chi connectivity index (χ0v) is 16.7. The average molecular weight is 416 g/mol. The summed E-state index contributed by atoms with van der Waals surface area (Å²) in [5.74, 6) is -1.76. The van der Waals surface area contributed by atoms with E-state index in [1.165, 1.54) is 17.5 Å². The number of halogens is 3. The number of amides is 1. The SMILES string of the molecule is CCC(C)N1C[C@@H]2[C@H](NC(=O)COC)c3ccccc3[C@@H]2C1.O=C(O)C(F)(F)F. The summed E-state index contributed by atoms with van der Waals surface area (Å²) >= 11 is 0. The lowest BCUT2D eigenvalue weighted by atomic mass is 9.94. The smallest absolute Gasteiger partial charge is 0.475 e. The lowest BCUT2D eigenvalue weighted by Gasteiger charge is -2.26. The third kappa shape index (κ3) is 5.48. The van der Waals surface area contributed by atoms with E-state index in [2.05, 4.69) is 48.3 Å². The molecule has 4 atom stereocenters.